The number of ketones is 1. The van der Waals surface area contributed by atoms with Crippen molar-refractivity contribution in [2.24, 2.45) is 0 Å². The first kappa shape index (κ1) is 15.0. The van der Waals surface area contributed by atoms with Crippen molar-refractivity contribution in [2.75, 3.05) is 43.4 Å². The fraction of sp³-hybridized carbons (Fsp3) is 0.529. The summed E-state index contributed by atoms with van der Waals surface area (Å²) >= 11 is 0. The van der Waals surface area contributed by atoms with Crippen molar-refractivity contribution < 1.29 is 9.59 Å². The molecule has 2 heterocycles. The number of nitrogens with zero attached hydrogens (tertiary/aromatic N) is 2. The highest BCUT2D eigenvalue weighted by atomic mass is 16.2. The highest BCUT2D eigenvalue weighted by Crippen LogP contribution is 2.42. The highest BCUT2D eigenvalue weighted by molar-refractivity contribution is 6.02. The largest absolute Gasteiger partial charge is 0.383 e. The van der Waals surface area contributed by atoms with Gasteiger partial charge in [-0.05, 0) is 25.6 Å². The lowest BCUT2D eigenvalue weighted by atomic mass is 9.95. The molecule has 1 atom stereocenters. The SMILES string of the molecule is CCCC(=O)N1CC2C(=O)CN(C)CCNc3cccc1c32. The van der Waals surface area contributed by atoms with Crippen LogP contribution in [-0.4, -0.2) is 49.8 Å². The number of Topliss-reactive ketones (excluding diaryl/α,β-unsaturated/α-hetero) is 1. The van der Waals surface area contributed by atoms with E-state index in [1.807, 2.05) is 37.1 Å². The maximum atomic E-state index is 12.7. The Balaban J connectivity index is 2.02. The van der Waals surface area contributed by atoms with E-state index in [0.29, 0.717) is 19.5 Å². The summed E-state index contributed by atoms with van der Waals surface area (Å²) in [5.41, 5.74) is 2.91. The van der Waals surface area contributed by atoms with E-state index in [0.717, 1.165) is 36.4 Å². The maximum absolute atomic E-state index is 12.7. The summed E-state index contributed by atoms with van der Waals surface area (Å²) in [4.78, 5) is 28.9. The standard InChI is InChI=1S/C17H23N3O2/c1-3-5-16(22)20-10-12-15(21)11-19(2)9-8-18-13-6-4-7-14(20)17(12)13/h4,6-7,12,18H,3,5,8-11H2,1-2H3. The first-order chi connectivity index (χ1) is 10.6. The Morgan fingerprint density at radius 2 is 2.23 bits per heavy atom. The monoisotopic (exact) mass is 301 g/mol. The highest BCUT2D eigenvalue weighted by Gasteiger charge is 2.38. The van der Waals surface area contributed by atoms with Gasteiger partial charge >= 0.3 is 0 Å². The Hall–Kier alpha value is -1.88. The van der Waals surface area contributed by atoms with Gasteiger partial charge in [0.25, 0.3) is 0 Å². The average molecular weight is 301 g/mol. The van der Waals surface area contributed by atoms with Gasteiger partial charge in [-0.1, -0.05) is 13.0 Å². The third-order valence-corrected chi connectivity index (χ3v) is 4.48. The van der Waals surface area contributed by atoms with Gasteiger partial charge in [0.2, 0.25) is 5.91 Å². The van der Waals surface area contributed by atoms with E-state index in [-0.39, 0.29) is 17.6 Å². The molecule has 1 N–H and O–H groups in total. The first-order valence-electron chi connectivity index (χ1n) is 8.00. The Bertz CT molecular complexity index is 600. The summed E-state index contributed by atoms with van der Waals surface area (Å²) in [6.07, 6.45) is 1.35. The molecule has 0 spiro atoms. The van der Waals surface area contributed by atoms with E-state index in [1.165, 1.54) is 0 Å². The van der Waals surface area contributed by atoms with Crippen LogP contribution in [0.3, 0.4) is 0 Å². The van der Waals surface area contributed by atoms with Crippen LogP contribution in [0.5, 0.6) is 0 Å². The third-order valence-electron chi connectivity index (χ3n) is 4.48. The van der Waals surface area contributed by atoms with E-state index in [1.54, 1.807) is 4.90 Å². The molecule has 5 nitrogen and oxygen atoms in total. The molecule has 1 aromatic carbocycles. The molecule has 2 aliphatic rings. The van der Waals surface area contributed by atoms with Gasteiger partial charge in [0.1, 0.15) is 0 Å². The van der Waals surface area contributed by atoms with Crippen LogP contribution in [-0.2, 0) is 9.59 Å². The number of hydrogen-bond acceptors (Lipinski definition) is 4. The Morgan fingerprint density at radius 1 is 1.41 bits per heavy atom. The molecule has 1 amide bonds. The number of rotatable bonds is 2. The van der Waals surface area contributed by atoms with Gasteiger partial charge in [-0.15, -0.1) is 0 Å². The van der Waals surface area contributed by atoms with Crippen molar-refractivity contribution in [3.63, 3.8) is 0 Å². The molecule has 0 bridgehead atoms. The number of hydrogen-bond donors (Lipinski definition) is 1. The van der Waals surface area contributed by atoms with Gasteiger partial charge in [0.05, 0.1) is 12.5 Å². The van der Waals surface area contributed by atoms with Crippen molar-refractivity contribution >= 4 is 23.1 Å². The minimum atomic E-state index is -0.208. The van der Waals surface area contributed by atoms with Crippen molar-refractivity contribution in [1.29, 1.82) is 0 Å². The average Bonchev–Trinajstić information content (AvgIpc) is 2.89. The number of likely N-dealkylation sites (N-methyl/N-ethyl adjacent to an activating group) is 1. The van der Waals surface area contributed by atoms with Crippen molar-refractivity contribution in [2.45, 2.75) is 25.7 Å². The van der Waals surface area contributed by atoms with E-state index in [9.17, 15) is 9.59 Å². The number of amides is 1. The molecule has 5 heteroatoms. The molecule has 0 saturated carbocycles. The minimum absolute atomic E-state index is 0.113. The lowest BCUT2D eigenvalue weighted by molar-refractivity contribution is -0.121. The summed E-state index contributed by atoms with van der Waals surface area (Å²) in [7, 11) is 1.96. The predicted molar refractivity (Wildman–Crippen MR) is 87.4 cm³/mol. The van der Waals surface area contributed by atoms with Gasteiger partial charge in [0, 0.05) is 43.0 Å². The summed E-state index contributed by atoms with van der Waals surface area (Å²) in [5, 5.41) is 3.43. The van der Waals surface area contributed by atoms with Gasteiger partial charge in [-0.3, -0.25) is 14.5 Å². The van der Waals surface area contributed by atoms with E-state index in [4.69, 9.17) is 0 Å². The maximum Gasteiger partial charge on any atom is 0.227 e. The molecule has 0 saturated heterocycles. The van der Waals surface area contributed by atoms with Crippen LogP contribution in [0.1, 0.15) is 31.2 Å². The molecule has 0 fully saturated rings. The predicted octanol–water partition coefficient (Wildman–Crippen LogP) is 1.84. The summed E-state index contributed by atoms with van der Waals surface area (Å²) < 4.78 is 0. The first-order valence-corrected chi connectivity index (χ1v) is 8.00. The van der Waals surface area contributed by atoms with Crippen LogP contribution in [0.25, 0.3) is 0 Å². The molecular weight excluding hydrogens is 278 g/mol. The third kappa shape index (κ3) is 2.61. The van der Waals surface area contributed by atoms with Crippen molar-refractivity contribution in [3.05, 3.63) is 23.8 Å². The Kier molecular flexibility index (Phi) is 4.16. The molecule has 0 radical (unpaired) electrons. The van der Waals surface area contributed by atoms with Crippen LogP contribution in [0.15, 0.2) is 18.2 Å². The zero-order chi connectivity index (χ0) is 15.7. The second-order valence-electron chi connectivity index (χ2n) is 6.18. The molecule has 1 aromatic rings. The van der Waals surface area contributed by atoms with Crippen molar-refractivity contribution in [3.8, 4) is 0 Å². The normalized spacial score (nSPS) is 21.6. The second-order valence-corrected chi connectivity index (χ2v) is 6.18. The molecule has 1 unspecified atom stereocenters. The van der Waals surface area contributed by atoms with E-state index < -0.39 is 0 Å². The number of anilines is 2. The number of carbonyl (C=O) groups is 2. The molecule has 0 aliphatic carbocycles. The van der Waals surface area contributed by atoms with E-state index in [2.05, 4.69) is 5.32 Å². The molecular formula is C17H23N3O2. The molecule has 22 heavy (non-hydrogen) atoms. The van der Waals surface area contributed by atoms with Crippen LogP contribution in [0.2, 0.25) is 0 Å². The number of nitrogens with one attached hydrogen (secondary N) is 1. The second kappa shape index (κ2) is 6.08. The smallest absolute Gasteiger partial charge is 0.227 e. The Morgan fingerprint density at radius 3 is 3.00 bits per heavy atom. The van der Waals surface area contributed by atoms with Crippen molar-refractivity contribution in [1.82, 2.24) is 4.90 Å². The Labute approximate surface area is 131 Å². The molecule has 118 valence electrons. The lowest BCUT2D eigenvalue weighted by Crippen LogP contribution is -2.35. The van der Waals surface area contributed by atoms with Gasteiger partial charge in [-0.2, -0.15) is 0 Å². The topological polar surface area (TPSA) is 52.7 Å². The van der Waals surface area contributed by atoms with Crippen LogP contribution < -0.4 is 10.2 Å². The summed E-state index contributed by atoms with van der Waals surface area (Å²) in [6.45, 7) is 4.56. The molecule has 0 aromatic heterocycles. The van der Waals surface area contributed by atoms with Crippen LogP contribution >= 0.6 is 0 Å². The van der Waals surface area contributed by atoms with Gasteiger partial charge in [0.15, 0.2) is 5.78 Å². The summed E-state index contributed by atoms with van der Waals surface area (Å²) in [5.74, 6) is 0.105. The lowest BCUT2D eigenvalue weighted by Gasteiger charge is -2.19. The molecule has 2 aliphatic heterocycles. The van der Waals surface area contributed by atoms with Gasteiger partial charge in [-0.25, -0.2) is 0 Å². The zero-order valence-electron chi connectivity index (χ0n) is 13.3. The summed E-state index contributed by atoms with van der Waals surface area (Å²) in [6, 6.07) is 5.93. The fourth-order valence-corrected chi connectivity index (χ4v) is 3.37. The van der Waals surface area contributed by atoms with Gasteiger partial charge < -0.3 is 10.2 Å². The zero-order valence-corrected chi connectivity index (χ0v) is 13.3. The van der Waals surface area contributed by atoms with E-state index >= 15 is 0 Å². The van der Waals surface area contributed by atoms with Crippen LogP contribution in [0, 0.1) is 0 Å². The van der Waals surface area contributed by atoms with Crippen LogP contribution in [0.4, 0.5) is 11.4 Å². The number of benzene rings is 1. The molecule has 3 rings (SSSR count). The number of carbonyl (C=O) groups excluding carboxylic acids is 2. The quantitative estimate of drug-likeness (QED) is 0.905. The minimum Gasteiger partial charge on any atom is -0.383 e. The fourth-order valence-electron chi connectivity index (χ4n) is 3.37.